The topological polar surface area (TPSA) is 86.8 Å². The third kappa shape index (κ3) is 5.83. The molecule has 0 bridgehead atoms. The predicted octanol–water partition coefficient (Wildman–Crippen LogP) is 4.05. The SMILES string of the molecule is CC[C@@H](C(=O)NC(C)C)N(Cc1ccc(Cl)cc1)C(=O)CCCN1C(=O)c2ccccc2C1=O. The summed E-state index contributed by atoms with van der Waals surface area (Å²) in [6, 6.07) is 13.2. The zero-order valence-corrected chi connectivity index (χ0v) is 20.5. The second-order valence-corrected chi connectivity index (χ2v) is 9.08. The lowest BCUT2D eigenvalue weighted by molar-refractivity contribution is -0.141. The van der Waals surface area contributed by atoms with Crippen LogP contribution in [0.2, 0.25) is 5.02 Å². The van der Waals surface area contributed by atoms with Crippen LogP contribution in [0.1, 0.15) is 66.3 Å². The van der Waals surface area contributed by atoms with E-state index in [1.165, 1.54) is 4.90 Å². The third-order valence-electron chi connectivity index (χ3n) is 5.73. The quantitative estimate of drug-likeness (QED) is 0.516. The molecule has 0 saturated carbocycles. The molecule has 2 aromatic rings. The molecule has 2 aromatic carbocycles. The molecule has 1 heterocycles. The number of nitrogens with one attached hydrogen (secondary N) is 1. The molecule has 0 fully saturated rings. The van der Waals surface area contributed by atoms with Gasteiger partial charge in [-0.05, 0) is 56.5 Å². The van der Waals surface area contributed by atoms with Crippen LogP contribution in [0.25, 0.3) is 0 Å². The van der Waals surface area contributed by atoms with Crippen LogP contribution in [0.3, 0.4) is 0 Å². The molecule has 0 spiro atoms. The molecule has 7 nitrogen and oxygen atoms in total. The maximum absolute atomic E-state index is 13.3. The number of rotatable bonds is 10. The lowest BCUT2D eigenvalue weighted by Gasteiger charge is -2.31. The van der Waals surface area contributed by atoms with Gasteiger partial charge >= 0.3 is 0 Å². The average molecular weight is 484 g/mol. The van der Waals surface area contributed by atoms with E-state index < -0.39 is 6.04 Å². The van der Waals surface area contributed by atoms with Crippen molar-refractivity contribution in [1.82, 2.24) is 15.1 Å². The van der Waals surface area contributed by atoms with Crippen molar-refractivity contribution in [3.05, 3.63) is 70.2 Å². The summed E-state index contributed by atoms with van der Waals surface area (Å²) in [6.45, 7) is 6.01. The summed E-state index contributed by atoms with van der Waals surface area (Å²) in [4.78, 5) is 54.1. The number of carbonyl (C=O) groups is 4. The molecule has 8 heteroatoms. The van der Waals surface area contributed by atoms with Crippen LogP contribution < -0.4 is 5.32 Å². The first-order valence-corrected chi connectivity index (χ1v) is 11.9. The largest absolute Gasteiger partial charge is 0.352 e. The van der Waals surface area contributed by atoms with Gasteiger partial charge in [-0.1, -0.05) is 42.8 Å². The molecule has 0 aliphatic carbocycles. The van der Waals surface area contributed by atoms with E-state index in [0.717, 1.165) is 5.56 Å². The second kappa shape index (κ2) is 11.3. The van der Waals surface area contributed by atoms with Crippen molar-refractivity contribution < 1.29 is 19.2 Å². The average Bonchev–Trinajstić information content (AvgIpc) is 3.04. The van der Waals surface area contributed by atoms with E-state index in [1.807, 2.05) is 32.9 Å². The van der Waals surface area contributed by atoms with Crippen LogP contribution >= 0.6 is 11.6 Å². The molecule has 3 rings (SSSR count). The zero-order chi connectivity index (χ0) is 24.8. The number of fused-ring (bicyclic) bond motifs is 1. The van der Waals surface area contributed by atoms with Gasteiger partial charge in [-0.25, -0.2) is 0 Å². The molecule has 34 heavy (non-hydrogen) atoms. The van der Waals surface area contributed by atoms with Gasteiger partial charge in [-0.15, -0.1) is 0 Å². The zero-order valence-electron chi connectivity index (χ0n) is 19.7. The number of hydrogen-bond donors (Lipinski definition) is 1. The molecule has 1 aliphatic rings. The molecule has 0 unspecified atom stereocenters. The first kappa shape index (κ1) is 25.4. The second-order valence-electron chi connectivity index (χ2n) is 8.65. The van der Waals surface area contributed by atoms with Crippen LogP contribution in [-0.4, -0.2) is 52.1 Å². The standard InChI is InChI=1S/C26H30ClN3O4/c1-4-22(24(32)28-17(2)3)30(16-18-11-13-19(27)14-12-18)23(31)10-7-15-29-25(33)20-8-5-6-9-21(20)26(29)34/h5-6,8-9,11-14,17,22H,4,7,10,15-16H2,1-3H3,(H,28,32)/t22-/m0/s1. The third-order valence-corrected chi connectivity index (χ3v) is 5.99. The number of hydrogen-bond acceptors (Lipinski definition) is 4. The van der Waals surface area contributed by atoms with Crippen LogP contribution in [0, 0.1) is 0 Å². The van der Waals surface area contributed by atoms with Gasteiger partial charge in [0.05, 0.1) is 11.1 Å². The van der Waals surface area contributed by atoms with Gasteiger partial charge in [-0.2, -0.15) is 0 Å². The molecule has 4 amide bonds. The van der Waals surface area contributed by atoms with Crippen molar-refractivity contribution >= 4 is 35.2 Å². The highest BCUT2D eigenvalue weighted by Crippen LogP contribution is 2.23. The molecule has 0 aromatic heterocycles. The maximum Gasteiger partial charge on any atom is 0.261 e. The molecular weight excluding hydrogens is 454 g/mol. The number of benzene rings is 2. The van der Waals surface area contributed by atoms with Crippen molar-refractivity contribution in [2.24, 2.45) is 0 Å². The molecule has 0 radical (unpaired) electrons. The first-order chi connectivity index (χ1) is 16.2. The van der Waals surface area contributed by atoms with E-state index in [-0.39, 0.29) is 49.2 Å². The van der Waals surface area contributed by atoms with E-state index >= 15 is 0 Å². The van der Waals surface area contributed by atoms with Gasteiger partial charge in [-0.3, -0.25) is 24.1 Å². The molecule has 1 N–H and O–H groups in total. The number of amides is 4. The Morgan fingerprint density at radius 3 is 2.12 bits per heavy atom. The highest BCUT2D eigenvalue weighted by Gasteiger charge is 2.35. The summed E-state index contributed by atoms with van der Waals surface area (Å²) in [5.74, 6) is -1.10. The number of carbonyl (C=O) groups excluding carboxylic acids is 4. The highest BCUT2D eigenvalue weighted by molar-refractivity contribution is 6.30. The van der Waals surface area contributed by atoms with Crippen molar-refractivity contribution in [3.63, 3.8) is 0 Å². The molecule has 180 valence electrons. The smallest absolute Gasteiger partial charge is 0.261 e. The first-order valence-electron chi connectivity index (χ1n) is 11.5. The van der Waals surface area contributed by atoms with E-state index in [1.54, 1.807) is 41.3 Å². The van der Waals surface area contributed by atoms with Gasteiger partial charge in [0, 0.05) is 30.6 Å². The Morgan fingerprint density at radius 2 is 1.59 bits per heavy atom. The Hall–Kier alpha value is -3.19. The Balaban J connectivity index is 1.70. The fraction of sp³-hybridized carbons (Fsp3) is 0.385. The minimum absolute atomic E-state index is 0.0529. The summed E-state index contributed by atoms with van der Waals surface area (Å²) >= 11 is 5.99. The van der Waals surface area contributed by atoms with Gasteiger partial charge in [0.1, 0.15) is 6.04 Å². The summed E-state index contributed by atoms with van der Waals surface area (Å²) < 4.78 is 0. The normalized spacial score (nSPS) is 13.7. The van der Waals surface area contributed by atoms with E-state index in [0.29, 0.717) is 29.0 Å². The summed E-state index contributed by atoms with van der Waals surface area (Å²) in [5, 5.41) is 3.49. The Morgan fingerprint density at radius 1 is 1.00 bits per heavy atom. The van der Waals surface area contributed by atoms with Gasteiger partial charge < -0.3 is 10.2 Å². The van der Waals surface area contributed by atoms with Crippen molar-refractivity contribution in [3.8, 4) is 0 Å². The number of halogens is 1. The van der Waals surface area contributed by atoms with Crippen molar-refractivity contribution in [2.45, 2.75) is 58.7 Å². The Labute approximate surface area is 205 Å². The lowest BCUT2D eigenvalue weighted by Crippen LogP contribution is -2.50. The molecule has 0 saturated heterocycles. The lowest BCUT2D eigenvalue weighted by atomic mass is 10.1. The minimum Gasteiger partial charge on any atom is -0.352 e. The van der Waals surface area contributed by atoms with Gasteiger partial charge in [0.2, 0.25) is 11.8 Å². The molecule has 1 atom stereocenters. The fourth-order valence-corrected chi connectivity index (χ4v) is 4.19. The van der Waals surface area contributed by atoms with Crippen LogP contribution in [0.5, 0.6) is 0 Å². The Kier molecular flexibility index (Phi) is 8.45. The van der Waals surface area contributed by atoms with E-state index in [9.17, 15) is 19.2 Å². The fourth-order valence-electron chi connectivity index (χ4n) is 4.06. The van der Waals surface area contributed by atoms with E-state index in [2.05, 4.69) is 5.32 Å². The van der Waals surface area contributed by atoms with Crippen LogP contribution in [0.4, 0.5) is 0 Å². The Bertz CT molecular complexity index is 1030. The minimum atomic E-state index is -0.634. The highest BCUT2D eigenvalue weighted by atomic mass is 35.5. The molecular formula is C26H30ClN3O4. The monoisotopic (exact) mass is 483 g/mol. The van der Waals surface area contributed by atoms with Gasteiger partial charge in [0.15, 0.2) is 0 Å². The van der Waals surface area contributed by atoms with Crippen LogP contribution in [-0.2, 0) is 16.1 Å². The van der Waals surface area contributed by atoms with Crippen LogP contribution in [0.15, 0.2) is 48.5 Å². The summed E-state index contributed by atoms with van der Waals surface area (Å²) in [7, 11) is 0. The number of nitrogens with zero attached hydrogens (tertiary/aromatic N) is 2. The summed E-state index contributed by atoms with van der Waals surface area (Å²) in [6.07, 6.45) is 0.867. The van der Waals surface area contributed by atoms with Crippen molar-refractivity contribution in [2.75, 3.05) is 6.54 Å². The van der Waals surface area contributed by atoms with Crippen molar-refractivity contribution in [1.29, 1.82) is 0 Å². The maximum atomic E-state index is 13.3. The van der Waals surface area contributed by atoms with E-state index in [4.69, 9.17) is 11.6 Å². The summed E-state index contributed by atoms with van der Waals surface area (Å²) in [5.41, 5.74) is 1.63. The predicted molar refractivity (Wildman–Crippen MR) is 130 cm³/mol. The molecule has 1 aliphatic heterocycles. The van der Waals surface area contributed by atoms with Gasteiger partial charge in [0.25, 0.3) is 11.8 Å². The number of imide groups is 1.